The zero-order valence-corrected chi connectivity index (χ0v) is 12.4. The largest absolute Gasteiger partial charge is 0.480 e. The van der Waals surface area contributed by atoms with Crippen LogP contribution in [0.5, 0.6) is 0 Å². The van der Waals surface area contributed by atoms with E-state index >= 15 is 0 Å². The molecule has 0 aliphatic carbocycles. The molecular formula is C15H19NO3S. The lowest BCUT2D eigenvalue weighted by Crippen LogP contribution is -2.50. The van der Waals surface area contributed by atoms with Crippen LogP contribution in [0.1, 0.15) is 17.5 Å². The van der Waals surface area contributed by atoms with E-state index in [4.69, 9.17) is 5.11 Å². The number of thioether (sulfide) groups is 1. The van der Waals surface area contributed by atoms with Crippen LogP contribution in [-0.4, -0.2) is 46.0 Å². The molecule has 0 bridgehead atoms. The van der Waals surface area contributed by atoms with Crippen molar-refractivity contribution in [1.29, 1.82) is 0 Å². The Balaban J connectivity index is 1.93. The van der Waals surface area contributed by atoms with Crippen LogP contribution in [0.4, 0.5) is 0 Å². The zero-order valence-electron chi connectivity index (χ0n) is 11.5. The number of nitrogens with zero attached hydrogens (tertiary/aromatic N) is 1. The van der Waals surface area contributed by atoms with Gasteiger partial charge in [-0.15, -0.1) is 0 Å². The zero-order chi connectivity index (χ0) is 14.5. The van der Waals surface area contributed by atoms with E-state index in [1.165, 1.54) is 10.5 Å². The molecule has 1 aromatic rings. The molecule has 2 rings (SSSR count). The lowest BCUT2D eigenvalue weighted by molar-refractivity contribution is -0.149. The van der Waals surface area contributed by atoms with Crippen molar-refractivity contribution in [3.63, 3.8) is 0 Å². The van der Waals surface area contributed by atoms with E-state index in [0.717, 1.165) is 11.3 Å². The molecule has 1 aliphatic heterocycles. The summed E-state index contributed by atoms with van der Waals surface area (Å²) in [4.78, 5) is 24.9. The highest BCUT2D eigenvalue weighted by Crippen LogP contribution is 2.18. The van der Waals surface area contributed by atoms with Crippen molar-refractivity contribution >= 4 is 23.6 Å². The summed E-state index contributed by atoms with van der Waals surface area (Å²) in [5, 5.41) is 9.17. The molecule has 108 valence electrons. The van der Waals surface area contributed by atoms with Gasteiger partial charge in [-0.25, -0.2) is 4.79 Å². The standard InChI is InChI=1S/C15H19NO3S/c1-11-2-4-12(5-3-11)6-7-14(17)16-8-9-20-10-13(16)15(18)19/h2-5,13H,6-10H2,1H3,(H,18,19). The van der Waals surface area contributed by atoms with Crippen molar-refractivity contribution in [2.75, 3.05) is 18.1 Å². The predicted molar refractivity (Wildman–Crippen MR) is 80.0 cm³/mol. The van der Waals surface area contributed by atoms with Gasteiger partial charge in [-0.1, -0.05) is 29.8 Å². The van der Waals surface area contributed by atoms with Crippen molar-refractivity contribution in [3.05, 3.63) is 35.4 Å². The summed E-state index contributed by atoms with van der Waals surface area (Å²) in [6.07, 6.45) is 1.03. The minimum Gasteiger partial charge on any atom is -0.480 e. The molecule has 0 spiro atoms. The minimum absolute atomic E-state index is 0.0572. The average Bonchev–Trinajstić information content (AvgIpc) is 2.46. The number of rotatable bonds is 4. The molecule has 5 heteroatoms. The maximum absolute atomic E-state index is 12.2. The van der Waals surface area contributed by atoms with Gasteiger partial charge in [0.15, 0.2) is 0 Å². The Labute approximate surface area is 123 Å². The number of hydrogen-bond acceptors (Lipinski definition) is 3. The number of aryl methyl sites for hydroxylation is 2. The highest BCUT2D eigenvalue weighted by atomic mass is 32.2. The summed E-state index contributed by atoms with van der Waals surface area (Å²) >= 11 is 1.59. The summed E-state index contributed by atoms with van der Waals surface area (Å²) in [5.41, 5.74) is 2.31. The SMILES string of the molecule is Cc1ccc(CCC(=O)N2CCSCC2C(=O)O)cc1. The molecule has 1 aliphatic rings. The van der Waals surface area contributed by atoms with Gasteiger partial charge in [0.25, 0.3) is 0 Å². The topological polar surface area (TPSA) is 57.6 Å². The number of carbonyl (C=O) groups is 2. The first-order valence-corrected chi connectivity index (χ1v) is 7.89. The first-order chi connectivity index (χ1) is 9.58. The molecule has 0 aromatic heterocycles. The Morgan fingerprint density at radius 3 is 2.70 bits per heavy atom. The molecular weight excluding hydrogens is 274 g/mol. The number of carboxylic acid groups (broad SMARTS) is 1. The van der Waals surface area contributed by atoms with E-state index in [1.54, 1.807) is 11.8 Å². The van der Waals surface area contributed by atoms with Crippen LogP contribution in [0.3, 0.4) is 0 Å². The monoisotopic (exact) mass is 293 g/mol. The Bertz CT molecular complexity index is 486. The molecule has 20 heavy (non-hydrogen) atoms. The number of aliphatic carboxylic acids is 1. The number of carbonyl (C=O) groups excluding carboxylic acids is 1. The fraction of sp³-hybridized carbons (Fsp3) is 0.467. The average molecular weight is 293 g/mol. The lowest BCUT2D eigenvalue weighted by atomic mass is 10.1. The highest BCUT2D eigenvalue weighted by molar-refractivity contribution is 7.99. The normalized spacial score (nSPS) is 18.9. The van der Waals surface area contributed by atoms with Crippen molar-refractivity contribution in [1.82, 2.24) is 4.90 Å². The molecule has 1 saturated heterocycles. The fourth-order valence-electron chi connectivity index (χ4n) is 2.26. The predicted octanol–water partition coefficient (Wildman–Crippen LogP) is 1.96. The Morgan fingerprint density at radius 1 is 1.35 bits per heavy atom. The third-order valence-corrected chi connectivity index (χ3v) is 4.50. The fourth-order valence-corrected chi connectivity index (χ4v) is 3.29. The Hall–Kier alpha value is -1.49. The summed E-state index contributed by atoms with van der Waals surface area (Å²) in [6, 6.07) is 7.42. The quantitative estimate of drug-likeness (QED) is 0.922. The number of benzene rings is 1. The van der Waals surface area contributed by atoms with Crippen molar-refractivity contribution in [2.45, 2.75) is 25.8 Å². The van der Waals surface area contributed by atoms with Crippen LogP contribution in [0.15, 0.2) is 24.3 Å². The third-order valence-electron chi connectivity index (χ3n) is 3.48. The van der Waals surface area contributed by atoms with Crippen molar-refractivity contribution in [3.8, 4) is 0 Å². The van der Waals surface area contributed by atoms with Gasteiger partial charge in [-0.2, -0.15) is 11.8 Å². The summed E-state index contributed by atoms with van der Waals surface area (Å²) in [5.74, 6) is 0.352. The van der Waals surface area contributed by atoms with Gasteiger partial charge in [0.1, 0.15) is 6.04 Å². The van der Waals surface area contributed by atoms with Crippen LogP contribution in [-0.2, 0) is 16.0 Å². The molecule has 1 N–H and O–H groups in total. The summed E-state index contributed by atoms with van der Waals surface area (Å²) < 4.78 is 0. The maximum atomic E-state index is 12.2. The van der Waals surface area contributed by atoms with Gasteiger partial charge in [0.2, 0.25) is 5.91 Å². The van der Waals surface area contributed by atoms with E-state index in [0.29, 0.717) is 25.1 Å². The van der Waals surface area contributed by atoms with Gasteiger partial charge >= 0.3 is 5.97 Å². The molecule has 1 aromatic carbocycles. The van der Waals surface area contributed by atoms with E-state index in [9.17, 15) is 9.59 Å². The van der Waals surface area contributed by atoms with E-state index in [-0.39, 0.29) is 5.91 Å². The van der Waals surface area contributed by atoms with Gasteiger partial charge in [0, 0.05) is 24.5 Å². The van der Waals surface area contributed by atoms with Gasteiger partial charge < -0.3 is 10.0 Å². The first-order valence-electron chi connectivity index (χ1n) is 6.73. The molecule has 1 fully saturated rings. The van der Waals surface area contributed by atoms with Gasteiger partial charge in [0.05, 0.1) is 0 Å². The van der Waals surface area contributed by atoms with Crippen molar-refractivity contribution in [2.24, 2.45) is 0 Å². The van der Waals surface area contributed by atoms with Gasteiger partial charge in [-0.05, 0) is 18.9 Å². The second-order valence-electron chi connectivity index (χ2n) is 5.00. The first kappa shape index (κ1) is 14.9. The Morgan fingerprint density at radius 2 is 2.05 bits per heavy atom. The van der Waals surface area contributed by atoms with Gasteiger partial charge in [-0.3, -0.25) is 4.79 Å². The van der Waals surface area contributed by atoms with Crippen LogP contribution >= 0.6 is 11.8 Å². The maximum Gasteiger partial charge on any atom is 0.327 e. The molecule has 1 unspecified atom stereocenters. The molecule has 4 nitrogen and oxygen atoms in total. The van der Waals surface area contributed by atoms with Crippen LogP contribution < -0.4 is 0 Å². The molecule has 1 atom stereocenters. The summed E-state index contributed by atoms with van der Waals surface area (Å²) in [7, 11) is 0. The van der Waals surface area contributed by atoms with E-state index in [1.807, 2.05) is 31.2 Å². The minimum atomic E-state index is -0.902. The van der Waals surface area contributed by atoms with Crippen LogP contribution in [0.25, 0.3) is 0 Å². The smallest absolute Gasteiger partial charge is 0.327 e. The Kier molecular flexibility index (Phi) is 5.06. The second-order valence-corrected chi connectivity index (χ2v) is 6.15. The number of amides is 1. The van der Waals surface area contributed by atoms with E-state index < -0.39 is 12.0 Å². The van der Waals surface area contributed by atoms with Crippen LogP contribution in [0, 0.1) is 6.92 Å². The molecule has 0 saturated carbocycles. The molecule has 1 amide bonds. The third kappa shape index (κ3) is 3.76. The highest BCUT2D eigenvalue weighted by Gasteiger charge is 2.31. The number of carboxylic acids is 1. The lowest BCUT2D eigenvalue weighted by Gasteiger charge is -2.32. The molecule has 0 radical (unpaired) electrons. The summed E-state index contributed by atoms with van der Waals surface area (Å²) in [6.45, 7) is 2.56. The second kappa shape index (κ2) is 6.79. The van der Waals surface area contributed by atoms with Crippen molar-refractivity contribution < 1.29 is 14.7 Å². The van der Waals surface area contributed by atoms with Crippen LogP contribution in [0.2, 0.25) is 0 Å². The number of hydrogen-bond donors (Lipinski definition) is 1. The van der Waals surface area contributed by atoms with E-state index in [2.05, 4.69) is 0 Å². The molecule has 1 heterocycles.